The molecule has 0 amide bonds. The van der Waals surface area contributed by atoms with Crippen molar-refractivity contribution in [2.24, 2.45) is 0 Å². The van der Waals surface area contributed by atoms with Gasteiger partial charge in [-0.15, -0.1) is 0 Å². The van der Waals surface area contributed by atoms with Gasteiger partial charge in [0.05, 0.1) is 30.8 Å². The molecular weight excluding hydrogens is 226 g/mol. The minimum Gasteiger partial charge on any atom is -0.378 e. The van der Waals surface area contributed by atoms with Crippen LogP contribution in [-0.4, -0.2) is 36.3 Å². The number of aromatic nitrogens is 2. The number of anilines is 1. The van der Waals surface area contributed by atoms with Crippen LogP contribution in [0, 0.1) is 0 Å². The first-order valence-corrected chi connectivity index (χ1v) is 6.12. The normalized spacial score (nSPS) is 15.7. The highest BCUT2D eigenvalue weighted by Crippen LogP contribution is 2.20. The molecule has 0 radical (unpaired) electrons. The van der Waals surface area contributed by atoms with Gasteiger partial charge in [-0.3, -0.25) is 9.97 Å². The van der Waals surface area contributed by atoms with Crippen molar-refractivity contribution in [3.63, 3.8) is 0 Å². The van der Waals surface area contributed by atoms with E-state index in [1.54, 1.807) is 6.20 Å². The summed E-state index contributed by atoms with van der Waals surface area (Å²) >= 11 is 0. The monoisotopic (exact) mass is 241 g/mol. The van der Waals surface area contributed by atoms with E-state index >= 15 is 0 Å². The van der Waals surface area contributed by atoms with Crippen LogP contribution >= 0.6 is 0 Å². The van der Waals surface area contributed by atoms with Crippen molar-refractivity contribution in [3.8, 4) is 11.3 Å². The quantitative estimate of drug-likeness (QED) is 0.806. The predicted molar refractivity (Wildman–Crippen MR) is 70.5 cm³/mol. The Kier molecular flexibility index (Phi) is 3.19. The van der Waals surface area contributed by atoms with Crippen molar-refractivity contribution in [1.29, 1.82) is 0 Å². The highest BCUT2D eigenvalue weighted by atomic mass is 16.5. The number of pyridine rings is 2. The molecule has 18 heavy (non-hydrogen) atoms. The summed E-state index contributed by atoms with van der Waals surface area (Å²) in [4.78, 5) is 10.9. The lowest BCUT2D eigenvalue weighted by molar-refractivity contribution is 0.122. The van der Waals surface area contributed by atoms with Crippen molar-refractivity contribution < 1.29 is 4.74 Å². The lowest BCUT2D eigenvalue weighted by atomic mass is 10.2. The largest absolute Gasteiger partial charge is 0.378 e. The highest BCUT2D eigenvalue weighted by Gasteiger charge is 2.11. The van der Waals surface area contributed by atoms with Crippen LogP contribution in [0.25, 0.3) is 11.3 Å². The average Bonchev–Trinajstić information content (AvgIpc) is 2.49. The van der Waals surface area contributed by atoms with Gasteiger partial charge in [0, 0.05) is 31.0 Å². The minimum absolute atomic E-state index is 0.796. The van der Waals surface area contributed by atoms with E-state index in [1.807, 2.05) is 30.6 Å². The predicted octanol–water partition coefficient (Wildman–Crippen LogP) is 1.98. The van der Waals surface area contributed by atoms with Gasteiger partial charge in [-0.05, 0) is 24.3 Å². The summed E-state index contributed by atoms with van der Waals surface area (Å²) in [5.41, 5.74) is 3.16. The molecular formula is C14H15N3O. The maximum absolute atomic E-state index is 5.34. The fraction of sp³-hybridized carbons (Fsp3) is 0.286. The van der Waals surface area contributed by atoms with Gasteiger partial charge in [0.2, 0.25) is 0 Å². The summed E-state index contributed by atoms with van der Waals surface area (Å²) in [6, 6.07) is 8.10. The van der Waals surface area contributed by atoms with Crippen LogP contribution in [0.3, 0.4) is 0 Å². The Balaban J connectivity index is 1.80. The Morgan fingerprint density at radius 1 is 1.06 bits per heavy atom. The third-order valence-corrected chi connectivity index (χ3v) is 3.08. The molecule has 1 saturated heterocycles. The van der Waals surface area contributed by atoms with Crippen molar-refractivity contribution in [3.05, 3.63) is 42.9 Å². The molecule has 0 unspecified atom stereocenters. The van der Waals surface area contributed by atoms with Crippen molar-refractivity contribution in [2.45, 2.75) is 0 Å². The summed E-state index contributed by atoms with van der Waals surface area (Å²) in [6.07, 6.45) is 5.52. The Labute approximate surface area is 106 Å². The number of hydrogen-bond acceptors (Lipinski definition) is 4. The molecule has 4 nitrogen and oxygen atoms in total. The standard InChI is InChI=1S/C14H15N3O/c1-2-12(10-15-5-1)14-4-3-13(11-16-14)17-6-8-18-9-7-17/h1-5,10-11H,6-9H2. The van der Waals surface area contributed by atoms with Crippen molar-refractivity contribution in [1.82, 2.24) is 9.97 Å². The first-order chi connectivity index (χ1) is 8.93. The molecule has 1 aliphatic heterocycles. The van der Waals surface area contributed by atoms with Crippen LogP contribution in [0.1, 0.15) is 0 Å². The molecule has 1 aliphatic rings. The maximum Gasteiger partial charge on any atom is 0.0719 e. The molecule has 0 N–H and O–H groups in total. The van der Waals surface area contributed by atoms with E-state index in [4.69, 9.17) is 4.74 Å². The number of morpholine rings is 1. The van der Waals surface area contributed by atoms with Crippen molar-refractivity contribution in [2.75, 3.05) is 31.2 Å². The zero-order valence-corrected chi connectivity index (χ0v) is 10.1. The number of nitrogens with zero attached hydrogens (tertiary/aromatic N) is 3. The lowest BCUT2D eigenvalue weighted by Gasteiger charge is -2.28. The van der Waals surface area contributed by atoms with Gasteiger partial charge in [-0.1, -0.05) is 0 Å². The molecule has 0 aliphatic carbocycles. The molecule has 0 saturated carbocycles. The van der Waals surface area contributed by atoms with Gasteiger partial charge in [-0.2, -0.15) is 0 Å². The van der Waals surface area contributed by atoms with Crippen LogP contribution in [0.2, 0.25) is 0 Å². The number of rotatable bonds is 2. The van der Waals surface area contributed by atoms with E-state index in [0.29, 0.717) is 0 Å². The van der Waals surface area contributed by atoms with Gasteiger partial charge in [0.1, 0.15) is 0 Å². The fourth-order valence-corrected chi connectivity index (χ4v) is 2.08. The Bertz CT molecular complexity index is 492. The average molecular weight is 241 g/mol. The molecule has 2 aromatic rings. The van der Waals surface area contributed by atoms with Crippen LogP contribution < -0.4 is 4.90 Å². The van der Waals surface area contributed by atoms with Gasteiger partial charge in [0.25, 0.3) is 0 Å². The maximum atomic E-state index is 5.34. The van der Waals surface area contributed by atoms with Gasteiger partial charge in [-0.25, -0.2) is 0 Å². The molecule has 0 bridgehead atoms. The number of hydrogen-bond donors (Lipinski definition) is 0. The van der Waals surface area contributed by atoms with E-state index in [9.17, 15) is 0 Å². The van der Waals surface area contributed by atoms with Crippen LogP contribution in [0.15, 0.2) is 42.9 Å². The second-order valence-electron chi connectivity index (χ2n) is 4.24. The molecule has 4 heteroatoms. The summed E-state index contributed by atoms with van der Waals surface area (Å²) < 4.78 is 5.34. The fourth-order valence-electron chi connectivity index (χ4n) is 2.08. The summed E-state index contributed by atoms with van der Waals surface area (Å²) in [6.45, 7) is 3.47. The zero-order valence-electron chi connectivity index (χ0n) is 10.1. The van der Waals surface area contributed by atoms with Gasteiger partial charge >= 0.3 is 0 Å². The first kappa shape index (κ1) is 11.2. The van der Waals surface area contributed by atoms with E-state index in [1.165, 1.54) is 0 Å². The summed E-state index contributed by atoms with van der Waals surface area (Å²) in [5, 5.41) is 0. The van der Waals surface area contributed by atoms with Crippen LogP contribution in [0.5, 0.6) is 0 Å². The summed E-state index contributed by atoms with van der Waals surface area (Å²) in [7, 11) is 0. The molecule has 0 spiro atoms. The third-order valence-electron chi connectivity index (χ3n) is 3.08. The van der Waals surface area contributed by atoms with E-state index < -0.39 is 0 Å². The van der Waals surface area contributed by atoms with E-state index in [2.05, 4.69) is 20.9 Å². The molecule has 3 rings (SSSR count). The Morgan fingerprint density at radius 2 is 1.94 bits per heavy atom. The molecule has 92 valence electrons. The topological polar surface area (TPSA) is 38.2 Å². The van der Waals surface area contributed by atoms with Gasteiger partial charge in [0.15, 0.2) is 0 Å². The van der Waals surface area contributed by atoms with E-state index in [0.717, 1.165) is 43.2 Å². The molecule has 1 fully saturated rings. The molecule has 3 heterocycles. The highest BCUT2D eigenvalue weighted by molar-refractivity contribution is 5.60. The smallest absolute Gasteiger partial charge is 0.0719 e. The van der Waals surface area contributed by atoms with Crippen LogP contribution in [-0.2, 0) is 4.74 Å². The lowest BCUT2D eigenvalue weighted by Crippen LogP contribution is -2.36. The SMILES string of the molecule is c1cncc(-c2ccc(N3CCOCC3)cn2)c1. The first-order valence-electron chi connectivity index (χ1n) is 6.12. The Hall–Kier alpha value is -1.94. The van der Waals surface area contributed by atoms with Gasteiger partial charge < -0.3 is 9.64 Å². The van der Waals surface area contributed by atoms with E-state index in [-0.39, 0.29) is 0 Å². The molecule has 0 aromatic carbocycles. The second kappa shape index (κ2) is 5.14. The van der Waals surface area contributed by atoms with Crippen molar-refractivity contribution >= 4 is 5.69 Å². The number of ether oxygens (including phenoxy) is 1. The zero-order chi connectivity index (χ0) is 12.2. The second-order valence-corrected chi connectivity index (χ2v) is 4.24. The Morgan fingerprint density at radius 3 is 2.61 bits per heavy atom. The molecule has 2 aromatic heterocycles. The molecule has 0 atom stereocenters. The third kappa shape index (κ3) is 2.33. The van der Waals surface area contributed by atoms with Crippen LogP contribution in [0.4, 0.5) is 5.69 Å². The minimum atomic E-state index is 0.796. The summed E-state index contributed by atoms with van der Waals surface area (Å²) in [5.74, 6) is 0.